The minimum absolute atomic E-state index is 0.0363. The van der Waals surface area contributed by atoms with Gasteiger partial charge in [0, 0.05) is 16.6 Å². The van der Waals surface area contributed by atoms with E-state index in [2.05, 4.69) is 10.3 Å². The Balaban J connectivity index is 2.49. The Morgan fingerprint density at radius 3 is 2.50 bits per heavy atom. The average Bonchev–Trinajstić information content (AvgIpc) is 2.77. The molecule has 2 nitrogen and oxygen atoms in total. The maximum absolute atomic E-state index is 13.6. The van der Waals surface area contributed by atoms with Gasteiger partial charge in [0.1, 0.15) is 11.6 Å². The fourth-order valence-corrected chi connectivity index (χ4v) is 2.32. The standard InChI is InChI=1S/C11H10F2N2S/c1-14-11(9-5-15-6-16-9)10-7(12)3-2-4-8(10)13/h2-6,11,14H,1H3. The normalized spacial score (nSPS) is 12.7. The number of hydrogen-bond donors (Lipinski definition) is 1. The van der Waals surface area contributed by atoms with Crippen molar-refractivity contribution in [2.45, 2.75) is 6.04 Å². The van der Waals surface area contributed by atoms with Crippen molar-refractivity contribution in [3.8, 4) is 0 Å². The molecule has 0 fully saturated rings. The number of nitrogens with zero attached hydrogens (tertiary/aromatic N) is 1. The zero-order chi connectivity index (χ0) is 11.5. The molecule has 1 aromatic heterocycles. The molecule has 0 saturated carbocycles. The molecule has 0 aliphatic heterocycles. The van der Waals surface area contributed by atoms with Crippen molar-refractivity contribution in [1.82, 2.24) is 10.3 Å². The van der Waals surface area contributed by atoms with Gasteiger partial charge in [-0.2, -0.15) is 0 Å². The Morgan fingerprint density at radius 2 is 2.00 bits per heavy atom. The van der Waals surface area contributed by atoms with E-state index in [0.29, 0.717) is 0 Å². The van der Waals surface area contributed by atoms with Crippen molar-refractivity contribution in [3.05, 3.63) is 52.0 Å². The lowest BCUT2D eigenvalue weighted by molar-refractivity contribution is 0.524. The molecule has 2 rings (SSSR count). The van der Waals surface area contributed by atoms with Crippen LogP contribution in [0, 0.1) is 11.6 Å². The van der Waals surface area contributed by atoms with Gasteiger partial charge in [-0.25, -0.2) is 8.78 Å². The molecule has 1 unspecified atom stereocenters. The topological polar surface area (TPSA) is 24.9 Å². The second-order valence-corrected chi connectivity index (χ2v) is 4.18. The predicted octanol–water partition coefficient (Wildman–Crippen LogP) is 2.73. The van der Waals surface area contributed by atoms with Gasteiger partial charge in [-0.05, 0) is 19.2 Å². The van der Waals surface area contributed by atoms with Crippen LogP contribution in [0.1, 0.15) is 16.5 Å². The van der Waals surface area contributed by atoms with Crippen LogP contribution < -0.4 is 5.32 Å². The third-order valence-corrected chi connectivity index (χ3v) is 3.15. The first-order chi connectivity index (χ1) is 7.74. The Labute approximate surface area is 96.0 Å². The van der Waals surface area contributed by atoms with Crippen molar-refractivity contribution in [1.29, 1.82) is 0 Å². The summed E-state index contributed by atoms with van der Waals surface area (Å²) in [4.78, 5) is 4.69. The van der Waals surface area contributed by atoms with Crippen molar-refractivity contribution in [3.63, 3.8) is 0 Å². The second kappa shape index (κ2) is 4.67. The fraction of sp³-hybridized carbons (Fsp3) is 0.182. The first-order valence-corrected chi connectivity index (χ1v) is 5.61. The minimum atomic E-state index is -0.548. The molecule has 84 valence electrons. The highest BCUT2D eigenvalue weighted by molar-refractivity contribution is 7.09. The van der Waals surface area contributed by atoms with Gasteiger partial charge < -0.3 is 5.32 Å². The number of thiazole rings is 1. The quantitative estimate of drug-likeness (QED) is 0.892. The van der Waals surface area contributed by atoms with Crippen molar-refractivity contribution in [2.24, 2.45) is 0 Å². The summed E-state index contributed by atoms with van der Waals surface area (Å²) in [6.45, 7) is 0. The molecule has 1 N–H and O–H groups in total. The predicted molar refractivity (Wildman–Crippen MR) is 59.4 cm³/mol. The maximum Gasteiger partial charge on any atom is 0.131 e. The van der Waals surface area contributed by atoms with Crippen LogP contribution in [-0.2, 0) is 0 Å². The number of halogens is 2. The van der Waals surface area contributed by atoms with Crippen LogP contribution in [-0.4, -0.2) is 12.0 Å². The Kier molecular flexibility index (Phi) is 3.26. The molecule has 0 bridgehead atoms. The number of hydrogen-bond acceptors (Lipinski definition) is 3. The van der Waals surface area contributed by atoms with Gasteiger partial charge >= 0.3 is 0 Å². The molecular formula is C11H10F2N2S. The van der Waals surface area contributed by atoms with Crippen molar-refractivity contribution < 1.29 is 8.78 Å². The number of rotatable bonds is 3. The van der Waals surface area contributed by atoms with Crippen LogP contribution in [0.5, 0.6) is 0 Å². The van der Waals surface area contributed by atoms with Gasteiger partial charge in [0.2, 0.25) is 0 Å². The summed E-state index contributed by atoms with van der Waals surface area (Å²) in [5.41, 5.74) is 1.67. The van der Waals surface area contributed by atoms with E-state index in [9.17, 15) is 8.78 Å². The summed E-state index contributed by atoms with van der Waals surface area (Å²) in [5.74, 6) is -1.10. The zero-order valence-corrected chi connectivity index (χ0v) is 9.39. The highest BCUT2D eigenvalue weighted by Gasteiger charge is 2.21. The molecule has 1 atom stereocenters. The minimum Gasteiger partial charge on any atom is -0.308 e. The molecule has 0 spiro atoms. The van der Waals surface area contributed by atoms with Crippen LogP contribution in [0.4, 0.5) is 8.78 Å². The largest absolute Gasteiger partial charge is 0.308 e. The highest BCUT2D eigenvalue weighted by Crippen LogP contribution is 2.28. The van der Waals surface area contributed by atoms with E-state index in [0.717, 1.165) is 4.88 Å². The van der Waals surface area contributed by atoms with Crippen LogP contribution in [0.25, 0.3) is 0 Å². The number of benzene rings is 1. The molecule has 2 aromatic rings. The molecular weight excluding hydrogens is 230 g/mol. The smallest absolute Gasteiger partial charge is 0.131 e. The number of aromatic nitrogens is 1. The van der Waals surface area contributed by atoms with Crippen molar-refractivity contribution >= 4 is 11.3 Å². The summed E-state index contributed by atoms with van der Waals surface area (Å²) >= 11 is 1.36. The van der Waals surface area contributed by atoms with E-state index < -0.39 is 17.7 Å². The van der Waals surface area contributed by atoms with Crippen LogP contribution in [0.2, 0.25) is 0 Å². The average molecular weight is 240 g/mol. The summed E-state index contributed by atoms with van der Waals surface area (Å²) in [5, 5.41) is 2.89. The lowest BCUT2D eigenvalue weighted by atomic mass is 10.0. The van der Waals surface area contributed by atoms with E-state index in [1.165, 1.54) is 29.5 Å². The van der Waals surface area contributed by atoms with E-state index in [4.69, 9.17) is 0 Å². The first-order valence-electron chi connectivity index (χ1n) is 4.73. The van der Waals surface area contributed by atoms with Crippen LogP contribution >= 0.6 is 11.3 Å². The second-order valence-electron chi connectivity index (χ2n) is 3.26. The van der Waals surface area contributed by atoms with E-state index in [-0.39, 0.29) is 5.56 Å². The van der Waals surface area contributed by atoms with E-state index in [1.54, 1.807) is 18.8 Å². The van der Waals surface area contributed by atoms with E-state index in [1.807, 2.05) is 0 Å². The Hall–Kier alpha value is -1.33. The van der Waals surface area contributed by atoms with Crippen LogP contribution in [0.15, 0.2) is 29.9 Å². The van der Waals surface area contributed by atoms with Gasteiger partial charge in [0.25, 0.3) is 0 Å². The molecule has 0 saturated heterocycles. The molecule has 1 heterocycles. The third kappa shape index (κ3) is 1.96. The Bertz CT molecular complexity index is 451. The molecule has 5 heteroatoms. The van der Waals surface area contributed by atoms with E-state index >= 15 is 0 Å². The van der Waals surface area contributed by atoms with Crippen LogP contribution in [0.3, 0.4) is 0 Å². The summed E-state index contributed by atoms with van der Waals surface area (Å²) in [6.07, 6.45) is 1.61. The maximum atomic E-state index is 13.6. The van der Waals surface area contributed by atoms with Gasteiger partial charge in [0.15, 0.2) is 0 Å². The highest BCUT2D eigenvalue weighted by atomic mass is 32.1. The third-order valence-electron chi connectivity index (χ3n) is 2.31. The van der Waals surface area contributed by atoms with Crippen molar-refractivity contribution in [2.75, 3.05) is 7.05 Å². The lowest BCUT2D eigenvalue weighted by Gasteiger charge is -2.15. The fourth-order valence-electron chi connectivity index (χ4n) is 1.58. The van der Waals surface area contributed by atoms with Gasteiger partial charge in [-0.1, -0.05) is 6.07 Å². The SMILES string of the molecule is CNC(c1cncs1)c1c(F)cccc1F. The number of nitrogens with one attached hydrogen (secondary N) is 1. The monoisotopic (exact) mass is 240 g/mol. The van der Waals surface area contributed by atoms with Gasteiger partial charge in [0.05, 0.1) is 11.6 Å². The summed E-state index contributed by atoms with van der Waals surface area (Å²) in [7, 11) is 1.66. The summed E-state index contributed by atoms with van der Waals surface area (Å²) in [6, 6.07) is 3.37. The first kappa shape index (κ1) is 11.2. The van der Waals surface area contributed by atoms with Gasteiger partial charge in [-0.3, -0.25) is 4.98 Å². The Morgan fingerprint density at radius 1 is 1.31 bits per heavy atom. The molecule has 0 amide bonds. The molecule has 0 aliphatic carbocycles. The molecule has 0 radical (unpaired) electrons. The lowest BCUT2D eigenvalue weighted by Crippen LogP contribution is -2.19. The molecule has 0 aliphatic rings. The zero-order valence-electron chi connectivity index (χ0n) is 8.58. The molecule has 16 heavy (non-hydrogen) atoms. The molecule has 1 aromatic carbocycles. The summed E-state index contributed by atoms with van der Waals surface area (Å²) < 4.78 is 27.2. The van der Waals surface area contributed by atoms with Gasteiger partial charge in [-0.15, -0.1) is 11.3 Å².